The fourth-order valence-corrected chi connectivity index (χ4v) is 3.70. The van der Waals surface area contributed by atoms with Gasteiger partial charge in [-0.05, 0) is 42.5 Å². The molecule has 1 heterocycles. The van der Waals surface area contributed by atoms with E-state index in [1.165, 1.54) is 36.4 Å². The van der Waals surface area contributed by atoms with Crippen LogP contribution >= 0.6 is 11.6 Å². The molecule has 0 saturated carbocycles. The van der Waals surface area contributed by atoms with Gasteiger partial charge in [-0.1, -0.05) is 35.9 Å². The van der Waals surface area contributed by atoms with Crippen molar-refractivity contribution in [3.8, 4) is 0 Å². The molecule has 1 aliphatic heterocycles. The zero-order valence-corrected chi connectivity index (χ0v) is 16.9. The number of ketones is 2. The molecule has 0 spiro atoms. The Kier molecular flexibility index (Phi) is 5.48. The molecule has 5 nitrogen and oxygen atoms in total. The predicted molar refractivity (Wildman–Crippen MR) is 112 cm³/mol. The number of imide groups is 1. The Balaban J connectivity index is 1.58. The van der Waals surface area contributed by atoms with Crippen LogP contribution in [0.25, 0.3) is 0 Å². The van der Waals surface area contributed by atoms with E-state index in [2.05, 4.69) is 0 Å². The van der Waals surface area contributed by atoms with Gasteiger partial charge in [0.25, 0.3) is 11.8 Å². The van der Waals surface area contributed by atoms with Crippen LogP contribution in [0, 0.1) is 5.82 Å². The third-order valence-corrected chi connectivity index (χ3v) is 5.32. The monoisotopic (exact) mass is 435 g/mol. The van der Waals surface area contributed by atoms with Crippen molar-refractivity contribution >= 4 is 35.0 Å². The van der Waals surface area contributed by atoms with E-state index < -0.39 is 29.2 Å². The van der Waals surface area contributed by atoms with Crippen molar-refractivity contribution in [3.05, 3.63) is 105 Å². The molecule has 2 amide bonds. The number of halogens is 2. The zero-order valence-electron chi connectivity index (χ0n) is 16.1. The molecule has 31 heavy (non-hydrogen) atoms. The largest absolute Gasteiger partial charge is 0.294 e. The Bertz CT molecular complexity index is 1220. The summed E-state index contributed by atoms with van der Waals surface area (Å²) in [5, 5.41) is 0.219. The Morgan fingerprint density at radius 2 is 1.42 bits per heavy atom. The van der Waals surface area contributed by atoms with Crippen molar-refractivity contribution in [2.45, 2.75) is 6.42 Å². The topological polar surface area (TPSA) is 71.5 Å². The first kappa shape index (κ1) is 20.6. The highest BCUT2D eigenvalue weighted by molar-refractivity contribution is 6.31. The molecule has 0 aliphatic carbocycles. The summed E-state index contributed by atoms with van der Waals surface area (Å²) in [7, 11) is 0. The predicted octanol–water partition coefficient (Wildman–Crippen LogP) is 4.58. The molecule has 0 unspecified atom stereocenters. The van der Waals surface area contributed by atoms with Crippen molar-refractivity contribution in [1.29, 1.82) is 0 Å². The fourth-order valence-electron chi connectivity index (χ4n) is 3.53. The molecule has 1 aliphatic rings. The van der Waals surface area contributed by atoms with E-state index in [4.69, 9.17) is 11.6 Å². The van der Waals surface area contributed by atoms with Gasteiger partial charge in [-0.2, -0.15) is 0 Å². The lowest BCUT2D eigenvalue weighted by Gasteiger charge is -2.14. The molecule has 4 rings (SSSR count). The van der Waals surface area contributed by atoms with Crippen LogP contribution in [0.2, 0.25) is 5.02 Å². The summed E-state index contributed by atoms with van der Waals surface area (Å²) in [5.74, 6) is -2.78. The molecule has 154 valence electrons. The van der Waals surface area contributed by atoms with E-state index in [0.29, 0.717) is 11.1 Å². The number of amides is 2. The Morgan fingerprint density at radius 3 is 2.06 bits per heavy atom. The summed E-state index contributed by atoms with van der Waals surface area (Å²) in [6, 6.07) is 16.0. The van der Waals surface area contributed by atoms with E-state index in [-0.39, 0.29) is 34.7 Å². The van der Waals surface area contributed by atoms with Crippen molar-refractivity contribution in [2.24, 2.45) is 0 Å². The summed E-state index contributed by atoms with van der Waals surface area (Å²) in [5.41, 5.74) is 0.419. The number of fused-ring (bicyclic) bond motifs is 1. The maximum Gasteiger partial charge on any atom is 0.261 e. The van der Waals surface area contributed by atoms with Gasteiger partial charge in [0.15, 0.2) is 11.6 Å². The zero-order chi connectivity index (χ0) is 22.1. The van der Waals surface area contributed by atoms with Gasteiger partial charge in [-0.3, -0.25) is 24.1 Å². The van der Waals surface area contributed by atoms with Crippen molar-refractivity contribution < 1.29 is 23.6 Å². The molecule has 0 saturated heterocycles. The van der Waals surface area contributed by atoms with Crippen LogP contribution in [0.3, 0.4) is 0 Å². The van der Waals surface area contributed by atoms with Crippen molar-refractivity contribution in [2.75, 3.05) is 6.54 Å². The molecule has 0 N–H and O–H groups in total. The summed E-state index contributed by atoms with van der Waals surface area (Å²) >= 11 is 6.01. The van der Waals surface area contributed by atoms with Crippen molar-refractivity contribution in [3.63, 3.8) is 0 Å². The van der Waals surface area contributed by atoms with Gasteiger partial charge in [-0.25, -0.2) is 4.39 Å². The quantitative estimate of drug-likeness (QED) is 0.419. The second-order valence-corrected chi connectivity index (χ2v) is 7.42. The molecule has 0 radical (unpaired) electrons. The standard InChI is InChI=1S/C24H15ClFNO4/c25-14-9-10-15(19(13-14)22(29)18-7-3-4-8-20(18)26)21(28)11-12-27-23(30)16-5-1-2-6-17(16)24(27)31/h1-10,13H,11-12H2. The SMILES string of the molecule is O=C(CCN1C(=O)c2ccccc2C1=O)c1ccc(Cl)cc1C(=O)c1ccccc1F. The smallest absolute Gasteiger partial charge is 0.261 e. The van der Waals surface area contributed by atoms with Gasteiger partial charge in [0, 0.05) is 29.1 Å². The van der Waals surface area contributed by atoms with Gasteiger partial charge in [0.1, 0.15) is 5.82 Å². The molecule has 0 fully saturated rings. The van der Waals surface area contributed by atoms with Crippen LogP contribution in [0.15, 0.2) is 66.7 Å². The van der Waals surface area contributed by atoms with Crippen LogP contribution < -0.4 is 0 Å². The van der Waals surface area contributed by atoms with E-state index in [0.717, 1.165) is 11.0 Å². The molecular weight excluding hydrogens is 421 g/mol. The van der Waals surface area contributed by atoms with Crippen molar-refractivity contribution in [1.82, 2.24) is 4.90 Å². The Morgan fingerprint density at radius 1 is 0.806 bits per heavy atom. The van der Waals surface area contributed by atoms with Crippen LogP contribution in [0.5, 0.6) is 0 Å². The molecule has 0 bridgehead atoms. The lowest BCUT2D eigenvalue weighted by atomic mass is 9.94. The van der Waals surface area contributed by atoms with Crippen LogP contribution in [-0.4, -0.2) is 34.8 Å². The third-order valence-electron chi connectivity index (χ3n) is 5.09. The second kappa shape index (κ2) is 8.24. The average Bonchev–Trinajstić information content (AvgIpc) is 3.02. The molecule has 0 aromatic heterocycles. The maximum absolute atomic E-state index is 14.1. The van der Waals surface area contributed by atoms with E-state index in [1.54, 1.807) is 24.3 Å². The Hall–Kier alpha value is -3.64. The number of carbonyl (C=O) groups excluding carboxylic acids is 4. The highest BCUT2D eigenvalue weighted by Crippen LogP contribution is 2.25. The van der Waals surface area contributed by atoms with E-state index >= 15 is 0 Å². The van der Waals surface area contributed by atoms with Gasteiger partial charge < -0.3 is 0 Å². The van der Waals surface area contributed by atoms with Crippen LogP contribution in [0.4, 0.5) is 4.39 Å². The first-order chi connectivity index (χ1) is 14.9. The van der Waals surface area contributed by atoms with Crippen LogP contribution in [-0.2, 0) is 0 Å². The average molecular weight is 436 g/mol. The summed E-state index contributed by atoms with van der Waals surface area (Å²) < 4.78 is 14.1. The third kappa shape index (κ3) is 3.78. The minimum atomic E-state index is -0.711. The van der Waals surface area contributed by atoms with Crippen LogP contribution in [0.1, 0.15) is 53.4 Å². The summed E-state index contributed by atoms with van der Waals surface area (Å²) in [6.45, 7) is -0.138. The van der Waals surface area contributed by atoms with E-state index in [1.807, 2.05) is 0 Å². The fraction of sp³-hybridized carbons (Fsp3) is 0.0833. The lowest BCUT2D eigenvalue weighted by molar-refractivity contribution is 0.0649. The number of nitrogens with zero attached hydrogens (tertiary/aromatic N) is 1. The highest BCUT2D eigenvalue weighted by atomic mass is 35.5. The number of rotatable bonds is 6. The molecule has 3 aromatic carbocycles. The van der Waals surface area contributed by atoms with Gasteiger partial charge in [0.05, 0.1) is 16.7 Å². The molecular formula is C24H15ClFNO4. The first-order valence-corrected chi connectivity index (χ1v) is 9.83. The molecule has 3 aromatic rings. The number of Topliss-reactive ketones (excluding diaryl/α,β-unsaturated/α-hetero) is 1. The number of carbonyl (C=O) groups is 4. The maximum atomic E-state index is 14.1. The second-order valence-electron chi connectivity index (χ2n) is 6.98. The minimum Gasteiger partial charge on any atom is -0.294 e. The first-order valence-electron chi connectivity index (χ1n) is 9.45. The number of benzene rings is 3. The number of hydrogen-bond donors (Lipinski definition) is 0. The summed E-state index contributed by atoms with van der Waals surface area (Å²) in [4.78, 5) is 51.8. The minimum absolute atomic E-state index is 0.0371. The van der Waals surface area contributed by atoms with Gasteiger partial charge >= 0.3 is 0 Å². The lowest BCUT2D eigenvalue weighted by Crippen LogP contribution is -2.32. The Labute approximate surface area is 182 Å². The van der Waals surface area contributed by atoms with Gasteiger partial charge in [-0.15, -0.1) is 0 Å². The summed E-state index contributed by atoms with van der Waals surface area (Å²) in [6.07, 6.45) is -0.190. The molecule has 0 atom stereocenters. The normalized spacial score (nSPS) is 12.8. The highest BCUT2D eigenvalue weighted by Gasteiger charge is 2.35. The van der Waals surface area contributed by atoms with Gasteiger partial charge in [0.2, 0.25) is 0 Å². The van der Waals surface area contributed by atoms with E-state index in [9.17, 15) is 23.6 Å². The molecule has 7 heteroatoms. The number of hydrogen-bond acceptors (Lipinski definition) is 4.